The maximum Gasteiger partial charge on any atom is 0.0664 e. The molecule has 0 saturated heterocycles. The Morgan fingerprint density at radius 2 is 2.43 bits per heavy atom. The third-order valence-electron chi connectivity index (χ3n) is 2.23. The van der Waals surface area contributed by atoms with Crippen LogP contribution in [0.3, 0.4) is 0 Å². The first kappa shape index (κ1) is 11.0. The number of nitrogens with zero attached hydrogens (tertiary/aromatic N) is 2. The van der Waals surface area contributed by atoms with Crippen molar-refractivity contribution in [2.45, 2.75) is 31.8 Å². The normalized spacial score (nSPS) is 15.1. The molecule has 0 spiro atoms. The van der Waals surface area contributed by atoms with Gasteiger partial charge in [-0.1, -0.05) is 6.08 Å². The van der Waals surface area contributed by atoms with E-state index >= 15 is 0 Å². The molecule has 0 radical (unpaired) electrons. The number of hydrogen-bond donors (Lipinski definition) is 1. The molecule has 0 aliphatic carbocycles. The Morgan fingerprint density at radius 3 is 2.93 bits per heavy atom. The molecule has 0 saturated carbocycles. The van der Waals surface area contributed by atoms with E-state index in [1.807, 2.05) is 26.2 Å². The van der Waals surface area contributed by atoms with Crippen LogP contribution in [0.1, 0.15) is 25.3 Å². The lowest BCUT2D eigenvalue weighted by Crippen LogP contribution is -2.26. The van der Waals surface area contributed by atoms with E-state index in [2.05, 4.69) is 11.7 Å². The van der Waals surface area contributed by atoms with E-state index in [9.17, 15) is 5.11 Å². The summed E-state index contributed by atoms with van der Waals surface area (Å²) in [6.45, 7) is 5.50. The lowest BCUT2D eigenvalue weighted by molar-refractivity contribution is 0.0523. The fourth-order valence-electron chi connectivity index (χ4n) is 1.50. The molecule has 3 heteroatoms. The van der Waals surface area contributed by atoms with E-state index in [1.54, 1.807) is 10.9 Å². The van der Waals surface area contributed by atoms with Crippen molar-refractivity contribution in [1.29, 1.82) is 0 Å². The molecule has 0 aliphatic rings. The smallest absolute Gasteiger partial charge is 0.0664 e. The van der Waals surface area contributed by atoms with Crippen molar-refractivity contribution in [3.63, 3.8) is 0 Å². The lowest BCUT2D eigenvalue weighted by Gasteiger charge is -2.21. The molecule has 0 aromatic carbocycles. The number of aliphatic hydroxyl groups is 1. The molecule has 1 unspecified atom stereocenters. The zero-order valence-corrected chi connectivity index (χ0v) is 8.90. The monoisotopic (exact) mass is 194 g/mol. The minimum absolute atomic E-state index is 0.648. The first-order valence-electron chi connectivity index (χ1n) is 4.84. The highest BCUT2D eigenvalue weighted by atomic mass is 16.3. The zero-order valence-electron chi connectivity index (χ0n) is 8.90. The summed E-state index contributed by atoms with van der Waals surface area (Å²) in [5.41, 5.74) is 0.415. The summed E-state index contributed by atoms with van der Waals surface area (Å²) in [7, 11) is 1.88. The molecule has 1 rings (SSSR count). The minimum atomic E-state index is -0.656. The molecule has 1 aromatic heterocycles. The molecule has 3 nitrogen and oxygen atoms in total. The molecular formula is C11H18N2O. The Kier molecular flexibility index (Phi) is 3.47. The summed E-state index contributed by atoms with van der Waals surface area (Å²) in [5.74, 6) is 0. The van der Waals surface area contributed by atoms with Crippen molar-refractivity contribution in [3.8, 4) is 0 Å². The number of allylic oxidation sites excluding steroid dienone is 1. The van der Waals surface area contributed by atoms with Gasteiger partial charge in [-0.25, -0.2) is 0 Å². The van der Waals surface area contributed by atoms with Gasteiger partial charge in [-0.05, 0) is 25.3 Å². The average molecular weight is 194 g/mol. The number of hydrogen-bond acceptors (Lipinski definition) is 2. The fourth-order valence-corrected chi connectivity index (χ4v) is 1.50. The molecule has 0 bridgehead atoms. The van der Waals surface area contributed by atoms with Crippen molar-refractivity contribution in [3.05, 3.63) is 30.6 Å². The van der Waals surface area contributed by atoms with E-state index in [0.29, 0.717) is 6.42 Å². The number of aryl methyl sites for hydroxylation is 1. The van der Waals surface area contributed by atoms with Gasteiger partial charge >= 0.3 is 0 Å². The van der Waals surface area contributed by atoms with Gasteiger partial charge in [0, 0.05) is 19.7 Å². The summed E-state index contributed by atoms with van der Waals surface area (Å²) in [6, 6.07) is 0. The van der Waals surface area contributed by atoms with Gasteiger partial charge in [0.05, 0.1) is 11.8 Å². The highest BCUT2D eigenvalue weighted by molar-refractivity contribution is 5.07. The second kappa shape index (κ2) is 4.42. The molecule has 14 heavy (non-hydrogen) atoms. The second-order valence-corrected chi connectivity index (χ2v) is 4.02. The third-order valence-corrected chi connectivity index (χ3v) is 2.23. The number of rotatable bonds is 5. The molecule has 0 amide bonds. The minimum Gasteiger partial charge on any atom is -0.390 e. The van der Waals surface area contributed by atoms with Gasteiger partial charge in [0.1, 0.15) is 0 Å². The van der Waals surface area contributed by atoms with Crippen LogP contribution in [0.4, 0.5) is 0 Å². The lowest BCUT2D eigenvalue weighted by atomic mass is 9.93. The van der Waals surface area contributed by atoms with E-state index in [-0.39, 0.29) is 0 Å². The second-order valence-electron chi connectivity index (χ2n) is 4.02. The Hall–Kier alpha value is -1.09. The van der Waals surface area contributed by atoms with Crippen LogP contribution in [0, 0.1) is 0 Å². The first-order chi connectivity index (χ1) is 6.53. The largest absolute Gasteiger partial charge is 0.390 e. The summed E-state index contributed by atoms with van der Waals surface area (Å²) in [6.07, 6.45) is 7.79. The van der Waals surface area contributed by atoms with Gasteiger partial charge in [-0.3, -0.25) is 4.68 Å². The first-order valence-corrected chi connectivity index (χ1v) is 4.84. The van der Waals surface area contributed by atoms with Crippen molar-refractivity contribution in [1.82, 2.24) is 9.78 Å². The van der Waals surface area contributed by atoms with Crippen LogP contribution < -0.4 is 0 Å². The van der Waals surface area contributed by atoms with Gasteiger partial charge in [0.25, 0.3) is 0 Å². The summed E-state index contributed by atoms with van der Waals surface area (Å²) in [5, 5.41) is 14.1. The van der Waals surface area contributed by atoms with Gasteiger partial charge in [0.2, 0.25) is 0 Å². The van der Waals surface area contributed by atoms with E-state index in [1.165, 1.54) is 0 Å². The quantitative estimate of drug-likeness (QED) is 0.724. The third kappa shape index (κ3) is 3.34. The topological polar surface area (TPSA) is 38.1 Å². The van der Waals surface area contributed by atoms with Crippen LogP contribution in [0.5, 0.6) is 0 Å². The van der Waals surface area contributed by atoms with Gasteiger partial charge in [-0.2, -0.15) is 5.10 Å². The van der Waals surface area contributed by atoms with Gasteiger partial charge in [0.15, 0.2) is 0 Å². The molecule has 1 atom stereocenters. The van der Waals surface area contributed by atoms with Gasteiger partial charge < -0.3 is 5.11 Å². The van der Waals surface area contributed by atoms with E-state index in [4.69, 9.17) is 0 Å². The zero-order chi connectivity index (χ0) is 10.6. The maximum absolute atomic E-state index is 10.0. The SMILES string of the molecule is C=CCCC(C)(O)Cc1cnn(C)c1. The van der Waals surface area contributed by atoms with Crippen LogP contribution in [0.2, 0.25) is 0 Å². The molecule has 0 fully saturated rings. The predicted octanol–water partition coefficient (Wildman–Crippen LogP) is 1.68. The highest BCUT2D eigenvalue weighted by Crippen LogP contribution is 2.18. The molecule has 1 aromatic rings. The van der Waals surface area contributed by atoms with Crippen molar-refractivity contribution >= 4 is 0 Å². The van der Waals surface area contributed by atoms with Crippen molar-refractivity contribution < 1.29 is 5.11 Å². The summed E-state index contributed by atoms with van der Waals surface area (Å²) in [4.78, 5) is 0. The van der Waals surface area contributed by atoms with Crippen LogP contribution >= 0.6 is 0 Å². The van der Waals surface area contributed by atoms with Crippen LogP contribution in [0.25, 0.3) is 0 Å². The van der Waals surface area contributed by atoms with Gasteiger partial charge in [-0.15, -0.1) is 6.58 Å². The Balaban J connectivity index is 2.53. The van der Waals surface area contributed by atoms with Crippen molar-refractivity contribution in [2.75, 3.05) is 0 Å². The van der Waals surface area contributed by atoms with Crippen LogP contribution in [-0.4, -0.2) is 20.5 Å². The van der Waals surface area contributed by atoms with Crippen LogP contribution in [-0.2, 0) is 13.5 Å². The Morgan fingerprint density at radius 1 is 1.71 bits per heavy atom. The maximum atomic E-state index is 10.0. The van der Waals surface area contributed by atoms with Crippen molar-refractivity contribution in [2.24, 2.45) is 7.05 Å². The molecule has 0 aliphatic heterocycles. The molecule has 1 heterocycles. The fraction of sp³-hybridized carbons (Fsp3) is 0.545. The van der Waals surface area contributed by atoms with E-state index < -0.39 is 5.60 Å². The Labute approximate surface area is 85.1 Å². The highest BCUT2D eigenvalue weighted by Gasteiger charge is 2.20. The van der Waals surface area contributed by atoms with E-state index in [0.717, 1.165) is 18.4 Å². The van der Waals surface area contributed by atoms with Crippen LogP contribution in [0.15, 0.2) is 25.0 Å². The predicted molar refractivity (Wildman–Crippen MR) is 57.0 cm³/mol. The summed E-state index contributed by atoms with van der Waals surface area (Å²) < 4.78 is 1.75. The average Bonchev–Trinajstić information content (AvgIpc) is 2.47. The molecule has 78 valence electrons. The summed E-state index contributed by atoms with van der Waals surface area (Å²) >= 11 is 0. The standard InChI is InChI=1S/C11H18N2O/c1-4-5-6-11(2,14)7-10-8-12-13(3)9-10/h4,8-9,14H,1,5-7H2,2-3H3. The molecule has 1 N–H and O–H groups in total. The molecular weight excluding hydrogens is 176 g/mol. The number of aromatic nitrogens is 2. The Bertz CT molecular complexity index is 302.